The molecule has 37 heavy (non-hydrogen) atoms. The number of nitrogens with one attached hydrogen (secondary N) is 2. The summed E-state index contributed by atoms with van der Waals surface area (Å²) in [5, 5.41) is 11.0. The number of aryl methyl sites for hydroxylation is 1. The van der Waals surface area contributed by atoms with Crippen LogP contribution in [0, 0.1) is 11.7 Å². The molecule has 6 rings (SSSR count). The Morgan fingerprint density at radius 3 is 2.73 bits per heavy atom. The lowest BCUT2D eigenvalue weighted by molar-refractivity contribution is -0.117. The van der Waals surface area contributed by atoms with Crippen molar-refractivity contribution in [3.05, 3.63) is 83.9 Å². The van der Waals surface area contributed by atoms with Gasteiger partial charge in [-0.1, -0.05) is 18.2 Å². The van der Waals surface area contributed by atoms with E-state index in [0.717, 1.165) is 35.0 Å². The number of aromatic nitrogens is 4. The molecule has 1 fully saturated rings. The van der Waals surface area contributed by atoms with Gasteiger partial charge in [0, 0.05) is 47.9 Å². The number of amides is 2. The highest BCUT2D eigenvalue weighted by molar-refractivity contribution is 6.08. The number of rotatable bonds is 6. The summed E-state index contributed by atoms with van der Waals surface area (Å²) in [7, 11) is 1.89. The quantitative estimate of drug-likeness (QED) is 0.351. The van der Waals surface area contributed by atoms with E-state index in [4.69, 9.17) is 4.98 Å². The zero-order valence-corrected chi connectivity index (χ0v) is 20.4. The minimum Gasteiger partial charge on any atom is -0.350 e. The van der Waals surface area contributed by atoms with E-state index in [1.165, 1.54) is 12.1 Å². The lowest BCUT2D eigenvalue weighted by Gasteiger charge is -2.14. The average Bonchev–Trinajstić information content (AvgIpc) is 3.59. The van der Waals surface area contributed by atoms with Crippen LogP contribution in [-0.2, 0) is 11.8 Å². The van der Waals surface area contributed by atoms with Gasteiger partial charge in [-0.2, -0.15) is 0 Å². The van der Waals surface area contributed by atoms with Crippen molar-refractivity contribution in [1.82, 2.24) is 24.5 Å². The minimum absolute atomic E-state index is 0.00400. The van der Waals surface area contributed by atoms with Crippen LogP contribution in [0.15, 0.2) is 67.0 Å². The molecule has 1 aliphatic rings. The average molecular weight is 497 g/mol. The van der Waals surface area contributed by atoms with Gasteiger partial charge in [0.05, 0.1) is 17.3 Å². The van der Waals surface area contributed by atoms with E-state index < -0.39 is 0 Å². The van der Waals surface area contributed by atoms with Gasteiger partial charge < -0.3 is 15.2 Å². The van der Waals surface area contributed by atoms with E-state index in [2.05, 4.69) is 15.7 Å². The standard InChI is InChI=1S/C28H25FN6O2/c1-16(18-4-3-5-20(29)12-18)30-28(37)22-15-34(2)24-9-8-19(13-21(22)24)23-10-11-35-26(31-23)14-25(33-35)32-27(36)17-6-7-17/h3-5,8-17H,6-7H2,1-2H3,(H,30,37)(H,32,33,36). The number of hydrogen-bond acceptors (Lipinski definition) is 4. The van der Waals surface area contributed by atoms with Crippen LogP contribution in [0.4, 0.5) is 10.2 Å². The Bertz CT molecular complexity index is 1680. The number of hydrogen-bond donors (Lipinski definition) is 2. The Morgan fingerprint density at radius 1 is 1.11 bits per heavy atom. The molecule has 3 aromatic heterocycles. The van der Waals surface area contributed by atoms with Crippen molar-refractivity contribution in [1.29, 1.82) is 0 Å². The lowest BCUT2D eigenvalue weighted by atomic mass is 10.1. The van der Waals surface area contributed by atoms with Crippen LogP contribution >= 0.6 is 0 Å². The van der Waals surface area contributed by atoms with Crippen LogP contribution in [-0.4, -0.2) is 31.0 Å². The molecule has 186 valence electrons. The van der Waals surface area contributed by atoms with E-state index in [0.29, 0.717) is 22.6 Å². The van der Waals surface area contributed by atoms with Crippen molar-refractivity contribution in [2.75, 3.05) is 5.32 Å². The zero-order chi connectivity index (χ0) is 25.7. The van der Waals surface area contributed by atoms with Gasteiger partial charge in [0.25, 0.3) is 5.91 Å². The smallest absolute Gasteiger partial charge is 0.253 e. The molecule has 1 aliphatic carbocycles. The Morgan fingerprint density at radius 2 is 1.95 bits per heavy atom. The number of carbonyl (C=O) groups is 2. The highest BCUT2D eigenvalue weighted by atomic mass is 19.1. The Labute approximate surface area is 212 Å². The first-order valence-corrected chi connectivity index (χ1v) is 12.2. The maximum atomic E-state index is 13.6. The molecule has 0 bridgehead atoms. The van der Waals surface area contributed by atoms with Crippen molar-refractivity contribution in [3.8, 4) is 11.3 Å². The van der Waals surface area contributed by atoms with Crippen LogP contribution in [0.1, 0.15) is 41.7 Å². The Hall–Kier alpha value is -4.53. The highest BCUT2D eigenvalue weighted by Gasteiger charge is 2.30. The molecule has 1 saturated carbocycles. The van der Waals surface area contributed by atoms with Gasteiger partial charge in [-0.25, -0.2) is 13.9 Å². The number of anilines is 1. The van der Waals surface area contributed by atoms with E-state index >= 15 is 0 Å². The molecule has 0 radical (unpaired) electrons. The van der Waals surface area contributed by atoms with Crippen molar-refractivity contribution in [2.45, 2.75) is 25.8 Å². The Balaban J connectivity index is 1.29. The number of nitrogens with zero attached hydrogens (tertiary/aromatic N) is 4. The van der Waals surface area contributed by atoms with Gasteiger partial charge in [0.15, 0.2) is 11.5 Å². The molecule has 9 heteroatoms. The van der Waals surface area contributed by atoms with Gasteiger partial charge in [-0.3, -0.25) is 9.59 Å². The maximum absolute atomic E-state index is 13.6. The summed E-state index contributed by atoms with van der Waals surface area (Å²) in [4.78, 5) is 30.0. The summed E-state index contributed by atoms with van der Waals surface area (Å²) in [6.07, 6.45) is 5.44. The monoisotopic (exact) mass is 496 g/mol. The van der Waals surface area contributed by atoms with Crippen LogP contribution in [0.2, 0.25) is 0 Å². The molecule has 5 aromatic rings. The number of halogens is 1. The second-order valence-electron chi connectivity index (χ2n) is 9.54. The SMILES string of the molecule is CC(NC(=O)c1cn(C)c2ccc(-c3ccn4nc(NC(=O)C5CC5)cc4n3)cc12)c1cccc(F)c1. The second kappa shape index (κ2) is 8.85. The van der Waals surface area contributed by atoms with Gasteiger partial charge >= 0.3 is 0 Å². The van der Waals surface area contributed by atoms with Crippen LogP contribution < -0.4 is 10.6 Å². The van der Waals surface area contributed by atoms with Crippen molar-refractivity contribution in [3.63, 3.8) is 0 Å². The molecule has 8 nitrogen and oxygen atoms in total. The van der Waals surface area contributed by atoms with E-state index in [1.807, 2.05) is 42.8 Å². The third-order valence-electron chi connectivity index (χ3n) is 6.75. The molecule has 3 heterocycles. The molecule has 0 saturated heterocycles. The summed E-state index contributed by atoms with van der Waals surface area (Å²) in [5.74, 6) is -0.0143. The third-order valence-corrected chi connectivity index (χ3v) is 6.75. The van der Waals surface area contributed by atoms with Crippen molar-refractivity contribution >= 4 is 34.2 Å². The summed E-state index contributed by atoms with van der Waals surface area (Å²) in [6, 6.07) is 15.3. The normalized spacial score (nSPS) is 14.1. The lowest BCUT2D eigenvalue weighted by Crippen LogP contribution is -2.26. The van der Waals surface area contributed by atoms with Gasteiger partial charge in [-0.05, 0) is 55.7 Å². The molecular formula is C28H25FN6O2. The van der Waals surface area contributed by atoms with Crippen LogP contribution in [0.5, 0.6) is 0 Å². The largest absolute Gasteiger partial charge is 0.350 e. The zero-order valence-electron chi connectivity index (χ0n) is 20.4. The van der Waals surface area contributed by atoms with E-state index in [9.17, 15) is 14.0 Å². The summed E-state index contributed by atoms with van der Waals surface area (Å²) >= 11 is 0. The molecule has 2 amide bonds. The summed E-state index contributed by atoms with van der Waals surface area (Å²) < 4.78 is 17.2. The Kier molecular flexibility index (Phi) is 5.48. The van der Waals surface area contributed by atoms with E-state index in [-0.39, 0.29) is 29.6 Å². The second-order valence-corrected chi connectivity index (χ2v) is 9.54. The summed E-state index contributed by atoms with van der Waals surface area (Å²) in [6.45, 7) is 1.83. The predicted molar refractivity (Wildman–Crippen MR) is 139 cm³/mol. The van der Waals surface area contributed by atoms with Gasteiger partial charge in [-0.15, -0.1) is 5.10 Å². The molecule has 2 N–H and O–H groups in total. The minimum atomic E-state index is -0.359. The third kappa shape index (κ3) is 4.44. The van der Waals surface area contributed by atoms with Crippen molar-refractivity contribution < 1.29 is 14.0 Å². The topological polar surface area (TPSA) is 93.3 Å². The molecular weight excluding hydrogens is 471 g/mol. The molecule has 2 aromatic carbocycles. The van der Waals surface area contributed by atoms with Crippen LogP contribution in [0.25, 0.3) is 27.8 Å². The molecule has 0 aliphatic heterocycles. The molecule has 1 unspecified atom stereocenters. The van der Waals surface area contributed by atoms with Crippen LogP contribution in [0.3, 0.4) is 0 Å². The number of benzene rings is 2. The van der Waals surface area contributed by atoms with Crippen molar-refractivity contribution in [2.24, 2.45) is 13.0 Å². The summed E-state index contributed by atoms with van der Waals surface area (Å²) in [5.41, 5.74) is 4.30. The van der Waals surface area contributed by atoms with Gasteiger partial charge in [0.2, 0.25) is 5.91 Å². The van der Waals surface area contributed by atoms with E-state index in [1.54, 1.807) is 35.1 Å². The first kappa shape index (κ1) is 22.9. The first-order valence-electron chi connectivity index (χ1n) is 12.2. The fraction of sp³-hybridized carbons (Fsp3) is 0.214. The maximum Gasteiger partial charge on any atom is 0.253 e. The van der Waals surface area contributed by atoms with Gasteiger partial charge in [0.1, 0.15) is 5.82 Å². The first-order chi connectivity index (χ1) is 17.9. The predicted octanol–water partition coefficient (Wildman–Crippen LogP) is 4.87. The molecule has 0 spiro atoms. The number of fused-ring (bicyclic) bond motifs is 2. The highest BCUT2D eigenvalue weighted by Crippen LogP contribution is 2.31. The fourth-order valence-corrected chi connectivity index (χ4v) is 4.54. The fourth-order valence-electron chi connectivity index (χ4n) is 4.54. The molecule has 1 atom stereocenters. The number of carbonyl (C=O) groups excluding carboxylic acids is 2.